The van der Waals surface area contributed by atoms with Gasteiger partial charge >= 0.3 is 5.97 Å². The van der Waals surface area contributed by atoms with Gasteiger partial charge < -0.3 is 9.84 Å². The van der Waals surface area contributed by atoms with Gasteiger partial charge in [0.2, 0.25) is 0 Å². The Morgan fingerprint density at radius 3 is 2.81 bits per heavy atom. The van der Waals surface area contributed by atoms with E-state index in [4.69, 9.17) is 15.1 Å². The summed E-state index contributed by atoms with van der Waals surface area (Å²) in [5.41, 5.74) is 1.88. The number of rotatable bonds is 6. The molecule has 0 bridgehead atoms. The molecular formula is C18H14N4O3S. The first-order valence-corrected chi connectivity index (χ1v) is 8.56. The number of para-hydroxylation sites is 2. The molecule has 0 amide bonds. The van der Waals surface area contributed by atoms with E-state index in [1.807, 2.05) is 24.3 Å². The van der Waals surface area contributed by atoms with E-state index < -0.39 is 5.97 Å². The highest BCUT2D eigenvalue weighted by atomic mass is 32.2. The zero-order valence-electron chi connectivity index (χ0n) is 13.8. The lowest BCUT2D eigenvalue weighted by molar-refractivity contribution is -0.133. The quantitative estimate of drug-likeness (QED) is 0.669. The summed E-state index contributed by atoms with van der Waals surface area (Å²) in [6, 6.07) is 16.4. The third-order valence-electron chi connectivity index (χ3n) is 3.53. The average Bonchev–Trinajstić information content (AvgIpc) is 3.10. The predicted molar refractivity (Wildman–Crippen MR) is 96.4 cm³/mol. The number of nitrogens with zero attached hydrogens (tertiary/aromatic N) is 4. The summed E-state index contributed by atoms with van der Waals surface area (Å²) >= 11 is 1.06. The van der Waals surface area contributed by atoms with Crippen LogP contribution in [0.2, 0.25) is 0 Å². The molecule has 3 aromatic rings. The van der Waals surface area contributed by atoms with E-state index in [0.29, 0.717) is 33.5 Å². The number of ether oxygens (including phenoxy) is 1. The third-order valence-corrected chi connectivity index (χ3v) is 4.45. The van der Waals surface area contributed by atoms with E-state index >= 15 is 0 Å². The molecule has 0 saturated heterocycles. The highest BCUT2D eigenvalue weighted by Crippen LogP contribution is 2.32. The molecule has 0 aliphatic heterocycles. The number of thioether (sulfide) groups is 1. The van der Waals surface area contributed by atoms with Crippen molar-refractivity contribution < 1.29 is 14.6 Å². The first kappa shape index (κ1) is 17.5. The molecule has 0 spiro atoms. The number of aromatic nitrogens is 3. The Hall–Kier alpha value is -3.31. The van der Waals surface area contributed by atoms with Gasteiger partial charge in [-0.3, -0.25) is 9.36 Å². The van der Waals surface area contributed by atoms with Crippen molar-refractivity contribution in [2.24, 2.45) is 0 Å². The number of methoxy groups -OCH3 is 1. The molecule has 0 aliphatic rings. The molecule has 0 saturated carbocycles. The fourth-order valence-corrected chi connectivity index (χ4v) is 3.10. The zero-order valence-corrected chi connectivity index (χ0v) is 14.6. The fraction of sp³-hybridized carbons (Fsp3) is 0.111. The number of carboxylic acids is 1. The summed E-state index contributed by atoms with van der Waals surface area (Å²) in [6.07, 6.45) is 0. The second-order valence-corrected chi connectivity index (χ2v) is 6.13. The van der Waals surface area contributed by atoms with Gasteiger partial charge in [-0.05, 0) is 24.3 Å². The number of hydrogen-bond acceptors (Lipinski definition) is 6. The minimum Gasteiger partial charge on any atom is -0.495 e. The SMILES string of the molecule is COc1ccccc1-n1c(SCC(=O)O)nnc1-c1cccc(C#N)c1. The van der Waals surface area contributed by atoms with Crippen LogP contribution >= 0.6 is 11.8 Å². The highest BCUT2D eigenvalue weighted by molar-refractivity contribution is 7.99. The minimum atomic E-state index is -0.947. The molecule has 1 heterocycles. The van der Waals surface area contributed by atoms with Crippen molar-refractivity contribution in [2.45, 2.75) is 5.16 Å². The van der Waals surface area contributed by atoms with E-state index in [1.54, 1.807) is 35.9 Å². The number of carbonyl (C=O) groups is 1. The lowest BCUT2D eigenvalue weighted by atomic mass is 10.1. The Morgan fingerprint density at radius 2 is 2.08 bits per heavy atom. The Bertz CT molecular complexity index is 994. The van der Waals surface area contributed by atoms with Crippen LogP contribution in [0.4, 0.5) is 0 Å². The Labute approximate surface area is 153 Å². The normalized spacial score (nSPS) is 10.3. The van der Waals surface area contributed by atoms with Gasteiger partial charge in [-0.15, -0.1) is 10.2 Å². The van der Waals surface area contributed by atoms with Crippen molar-refractivity contribution in [1.29, 1.82) is 5.26 Å². The molecule has 7 nitrogen and oxygen atoms in total. The van der Waals surface area contributed by atoms with Crippen LogP contribution in [-0.4, -0.2) is 38.7 Å². The molecular weight excluding hydrogens is 352 g/mol. The zero-order chi connectivity index (χ0) is 18.5. The van der Waals surface area contributed by atoms with E-state index in [-0.39, 0.29) is 5.75 Å². The van der Waals surface area contributed by atoms with Gasteiger partial charge in [0.05, 0.1) is 30.2 Å². The van der Waals surface area contributed by atoms with Gasteiger partial charge in [-0.25, -0.2) is 0 Å². The summed E-state index contributed by atoms with van der Waals surface area (Å²) in [5.74, 6) is 0.00479. The second kappa shape index (κ2) is 7.72. The maximum absolute atomic E-state index is 11.0. The van der Waals surface area contributed by atoms with Crippen LogP contribution in [0.3, 0.4) is 0 Å². The fourth-order valence-electron chi connectivity index (χ4n) is 2.44. The molecule has 1 N–H and O–H groups in total. The first-order valence-electron chi connectivity index (χ1n) is 7.58. The van der Waals surface area contributed by atoms with Gasteiger partial charge in [0.25, 0.3) is 0 Å². The Kier molecular flexibility index (Phi) is 5.20. The smallest absolute Gasteiger partial charge is 0.313 e. The minimum absolute atomic E-state index is 0.147. The maximum Gasteiger partial charge on any atom is 0.313 e. The van der Waals surface area contributed by atoms with Crippen molar-refractivity contribution in [1.82, 2.24) is 14.8 Å². The summed E-state index contributed by atoms with van der Waals surface area (Å²) in [4.78, 5) is 11.0. The molecule has 0 aliphatic carbocycles. The molecule has 0 atom stereocenters. The van der Waals surface area contributed by atoms with Crippen LogP contribution in [0, 0.1) is 11.3 Å². The topological polar surface area (TPSA) is 101 Å². The Balaban J connectivity index is 2.19. The third kappa shape index (κ3) is 3.53. The summed E-state index contributed by atoms with van der Waals surface area (Å²) in [7, 11) is 1.56. The van der Waals surface area contributed by atoms with Crippen LogP contribution in [0.1, 0.15) is 5.56 Å². The Morgan fingerprint density at radius 1 is 1.27 bits per heavy atom. The molecule has 0 fully saturated rings. The number of nitriles is 1. The van der Waals surface area contributed by atoms with Crippen molar-refractivity contribution in [3.05, 3.63) is 54.1 Å². The number of carboxylic acid groups (broad SMARTS) is 1. The number of aliphatic carboxylic acids is 1. The predicted octanol–water partition coefficient (Wildman–Crippen LogP) is 2.99. The van der Waals surface area contributed by atoms with Crippen LogP contribution < -0.4 is 4.74 Å². The molecule has 0 unspecified atom stereocenters. The van der Waals surface area contributed by atoms with Crippen molar-refractivity contribution in [2.75, 3.05) is 12.9 Å². The van der Waals surface area contributed by atoms with Gasteiger partial charge in [0, 0.05) is 5.56 Å². The largest absolute Gasteiger partial charge is 0.495 e. The maximum atomic E-state index is 11.0. The van der Waals surface area contributed by atoms with E-state index in [2.05, 4.69) is 16.3 Å². The number of hydrogen-bond donors (Lipinski definition) is 1. The first-order chi connectivity index (χ1) is 12.6. The van der Waals surface area contributed by atoms with Crippen molar-refractivity contribution in [3.8, 4) is 28.9 Å². The number of benzene rings is 2. The van der Waals surface area contributed by atoms with E-state index in [0.717, 1.165) is 11.8 Å². The average molecular weight is 366 g/mol. The highest BCUT2D eigenvalue weighted by Gasteiger charge is 2.19. The monoisotopic (exact) mass is 366 g/mol. The lowest BCUT2D eigenvalue weighted by Crippen LogP contribution is -2.04. The standard InChI is InChI=1S/C18H14N4O3S/c1-25-15-8-3-2-7-14(15)22-17(13-6-4-5-12(9-13)10-19)20-21-18(22)26-11-16(23)24/h2-9H,11H2,1H3,(H,23,24). The summed E-state index contributed by atoms with van der Waals surface area (Å²) in [6.45, 7) is 0. The molecule has 8 heteroatoms. The van der Waals surface area contributed by atoms with Crippen molar-refractivity contribution >= 4 is 17.7 Å². The second-order valence-electron chi connectivity index (χ2n) is 5.19. The molecule has 1 aromatic heterocycles. The molecule has 3 rings (SSSR count). The van der Waals surface area contributed by atoms with Crippen LogP contribution in [0.15, 0.2) is 53.7 Å². The molecule has 2 aromatic carbocycles. The van der Waals surface area contributed by atoms with Gasteiger partial charge in [-0.2, -0.15) is 5.26 Å². The molecule has 0 radical (unpaired) electrons. The summed E-state index contributed by atoms with van der Waals surface area (Å²) < 4.78 is 7.17. The van der Waals surface area contributed by atoms with E-state index in [1.165, 1.54) is 0 Å². The summed E-state index contributed by atoms with van der Waals surface area (Å²) in [5, 5.41) is 26.9. The van der Waals surface area contributed by atoms with Crippen LogP contribution in [0.25, 0.3) is 17.1 Å². The van der Waals surface area contributed by atoms with Crippen molar-refractivity contribution in [3.63, 3.8) is 0 Å². The van der Waals surface area contributed by atoms with Gasteiger partial charge in [0.1, 0.15) is 5.75 Å². The van der Waals surface area contributed by atoms with E-state index in [9.17, 15) is 4.79 Å². The van der Waals surface area contributed by atoms with Gasteiger partial charge in [-0.1, -0.05) is 36.0 Å². The molecule has 26 heavy (non-hydrogen) atoms. The van der Waals surface area contributed by atoms with Crippen LogP contribution in [0.5, 0.6) is 5.75 Å². The molecule has 130 valence electrons. The van der Waals surface area contributed by atoms with Crippen LogP contribution in [-0.2, 0) is 4.79 Å². The van der Waals surface area contributed by atoms with Gasteiger partial charge in [0.15, 0.2) is 11.0 Å². The lowest BCUT2D eigenvalue weighted by Gasteiger charge is -2.13.